The molecule has 0 N–H and O–H groups in total. The SMILES string of the molecule is Cn1nccc1-c1cccc(-c2ncc(B3OC(C)(C)C(C)(C)O3)cn2)c1. The van der Waals surface area contributed by atoms with Crippen molar-refractivity contribution in [3.8, 4) is 22.6 Å². The lowest BCUT2D eigenvalue weighted by Crippen LogP contribution is -2.41. The zero-order chi connectivity index (χ0) is 19.2. The molecular formula is C20H23BN4O2. The van der Waals surface area contributed by atoms with Gasteiger partial charge in [-0.15, -0.1) is 0 Å². The molecule has 7 heteroatoms. The van der Waals surface area contributed by atoms with Crippen LogP contribution in [0.3, 0.4) is 0 Å². The molecule has 0 bridgehead atoms. The van der Waals surface area contributed by atoms with E-state index in [1.54, 1.807) is 18.6 Å². The minimum absolute atomic E-state index is 0.381. The predicted molar refractivity (Wildman–Crippen MR) is 105 cm³/mol. The number of rotatable bonds is 3. The van der Waals surface area contributed by atoms with Gasteiger partial charge in [-0.3, -0.25) is 4.68 Å². The van der Waals surface area contributed by atoms with Gasteiger partial charge in [0.25, 0.3) is 0 Å². The van der Waals surface area contributed by atoms with Crippen LogP contribution < -0.4 is 5.46 Å². The number of nitrogens with zero attached hydrogens (tertiary/aromatic N) is 4. The first-order chi connectivity index (χ1) is 12.8. The van der Waals surface area contributed by atoms with Crippen molar-refractivity contribution in [3.63, 3.8) is 0 Å². The predicted octanol–water partition coefficient (Wildman–Crippen LogP) is 2.84. The first-order valence-corrected chi connectivity index (χ1v) is 9.03. The molecule has 1 fully saturated rings. The maximum atomic E-state index is 6.07. The van der Waals surface area contributed by atoms with Crippen molar-refractivity contribution in [2.45, 2.75) is 38.9 Å². The fraction of sp³-hybridized carbons (Fsp3) is 0.350. The molecule has 0 aliphatic carbocycles. The van der Waals surface area contributed by atoms with Crippen molar-refractivity contribution in [2.75, 3.05) is 0 Å². The van der Waals surface area contributed by atoms with Gasteiger partial charge in [-0.25, -0.2) is 9.97 Å². The molecule has 0 spiro atoms. The van der Waals surface area contributed by atoms with Crippen molar-refractivity contribution in [1.82, 2.24) is 19.7 Å². The van der Waals surface area contributed by atoms with Crippen molar-refractivity contribution >= 4 is 12.6 Å². The van der Waals surface area contributed by atoms with Crippen LogP contribution in [0.5, 0.6) is 0 Å². The third-order valence-electron chi connectivity index (χ3n) is 5.43. The third-order valence-corrected chi connectivity index (χ3v) is 5.43. The smallest absolute Gasteiger partial charge is 0.399 e. The number of hydrogen-bond acceptors (Lipinski definition) is 5. The van der Waals surface area contributed by atoms with Gasteiger partial charge in [0.1, 0.15) is 0 Å². The Hall–Kier alpha value is -2.51. The van der Waals surface area contributed by atoms with Crippen LogP contribution in [0.4, 0.5) is 0 Å². The summed E-state index contributed by atoms with van der Waals surface area (Å²) in [5.41, 5.74) is 3.13. The molecular weight excluding hydrogens is 339 g/mol. The van der Waals surface area contributed by atoms with Crippen LogP contribution in [0, 0.1) is 0 Å². The molecule has 4 rings (SSSR count). The summed E-state index contributed by atoms with van der Waals surface area (Å²) in [6.45, 7) is 8.14. The van der Waals surface area contributed by atoms with E-state index in [2.05, 4.69) is 27.2 Å². The fourth-order valence-electron chi connectivity index (χ4n) is 3.06. The Kier molecular flexibility index (Phi) is 4.16. The summed E-state index contributed by atoms with van der Waals surface area (Å²) in [5, 5.41) is 4.23. The van der Waals surface area contributed by atoms with Gasteiger partial charge in [-0.05, 0) is 39.8 Å². The van der Waals surface area contributed by atoms with Crippen molar-refractivity contribution in [3.05, 3.63) is 48.9 Å². The Balaban J connectivity index is 1.60. The Bertz CT molecular complexity index is 950. The van der Waals surface area contributed by atoms with Crippen molar-refractivity contribution < 1.29 is 9.31 Å². The number of hydrogen-bond donors (Lipinski definition) is 0. The topological polar surface area (TPSA) is 62.1 Å². The van der Waals surface area contributed by atoms with Gasteiger partial charge in [0.15, 0.2) is 5.82 Å². The average Bonchev–Trinajstić information content (AvgIpc) is 3.15. The zero-order valence-corrected chi connectivity index (χ0v) is 16.3. The van der Waals surface area contributed by atoms with E-state index in [0.29, 0.717) is 5.82 Å². The molecule has 3 aromatic rings. The second-order valence-corrected chi connectivity index (χ2v) is 7.85. The van der Waals surface area contributed by atoms with Crippen LogP contribution in [-0.4, -0.2) is 38.1 Å². The second-order valence-electron chi connectivity index (χ2n) is 7.85. The molecule has 6 nitrogen and oxygen atoms in total. The zero-order valence-electron chi connectivity index (χ0n) is 16.3. The van der Waals surface area contributed by atoms with Gasteiger partial charge in [-0.2, -0.15) is 5.10 Å². The van der Waals surface area contributed by atoms with Gasteiger partial charge in [0, 0.05) is 42.2 Å². The first kappa shape index (κ1) is 17.9. The Morgan fingerprint density at radius 3 is 2.15 bits per heavy atom. The van der Waals surface area contributed by atoms with Crippen molar-refractivity contribution in [1.29, 1.82) is 0 Å². The first-order valence-electron chi connectivity index (χ1n) is 9.03. The molecule has 0 unspecified atom stereocenters. The number of benzene rings is 1. The highest BCUT2D eigenvalue weighted by atomic mass is 16.7. The molecule has 138 valence electrons. The Morgan fingerprint density at radius 2 is 1.56 bits per heavy atom. The summed E-state index contributed by atoms with van der Waals surface area (Å²) in [6, 6.07) is 10.1. The summed E-state index contributed by atoms with van der Waals surface area (Å²) in [4.78, 5) is 9.08. The van der Waals surface area contributed by atoms with Crippen LogP contribution in [0.15, 0.2) is 48.9 Å². The van der Waals surface area contributed by atoms with Gasteiger partial charge >= 0.3 is 7.12 Å². The third kappa shape index (κ3) is 3.17. The van der Waals surface area contributed by atoms with Crippen molar-refractivity contribution in [2.24, 2.45) is 7.05 Å². The summed E-state index contributed by atoms with van der Waals surface area (Å²) in [7, 11) is 1.47. The molecule has 1 aliphatic rings. The quantitative estimate of drug-likeness (QED) is 0.671. The lowest BCUT2D eigenvalue weighted by Gasteiger charge is -2.32. The van der Waals surface area contributed by atoms with Crippen LogP contribution in [-0.2, 0) is 16.4 Å². The van der Waals surface area contributed by atoms with E-state index in [4.69, 9.17) is 9.31 Å². The standard InChI is InChI=1S/C20H23BN4O2/c1-19(2)20(3,4)27-21(26-19)16-12-22-18(23-13-16)15-8-6-7-14(11-15)17-9-10-24-25(17)5/h6-13H,1-5H3. The average molecular weight is 362 g/mol. The van der Waals surface area contributed by atoms with E-state index >= 15 is 0 Å². The minimum atomic E-state index is -0.454. The van der Waals surface area contributed by atoms with Crippen LogP contribution in [0.1, 0.15) is 27.7 Å². The number of aromatic nitrogens is 4. The normalized spacial score (nSPS) is 18.0. The highest BCUT2D eigenvalue weighted by molar-refractivity contribution is 6.61. The van der Waals surface area contributed by atoms with E-state index in [9.17, 15) is 0 Å². The molecule has 1 aromatic carbocycles. The summed E-state index contributed by atoms with van der Waals surface area (Å²) in [6.07, 6.45) is 5.35. The fourth-order valence-corrected chi connectivity index (χ4v) is 3.06. The van der Waals surface area contributed by atoms with Crippen LogP contribution in [0.2, 0.25) is 0 Å². The van der Waals surface area contributed by atoms with Gasteiger partial charge in [0.2, 0.25) is 0 Å². The molecule has 0 radical (unpaired) electrons. The molecule has 2 aromatic heterocycles. The van der Waals surface area contributed by atoms with Gasteiger partial charge in [0.05, 0.1) is 16.9 Å². The maximum Gasteiger partial charge on any atom is 0.498 e. The summed E-state index contributed by atoms with van der Waals surface area (Å²) in [5.74, 6) is 0.666. The highest BCUT2D eigenvalue weighted by Crippen LogP contribution is 2.36. The van der Waals surface area contributed by atoms with E-state index < -0.39 is 7.12 Å². The van der Waals surface area contributed by atoms with Crippen LogP contribution in [0.25, 0.3) is 22.6 Å². The lowest BCUT2D eigenvalue weighted by atomic mass is 9.81. The lowest BCUT2D eigenvalue weighted by molar-refractivity contribution is 0.00578. The molecule has 3 heterocycles. The molecule has 1 aliphatic heterocycles. The number of aryl methyl sites for hydroxylation is 1. The molecule has 0 atom stereocenters. The largest absolute Gasteiger partial charge is 0.498 e. The molecule has 0 saturated carbocycles. The molecule has 27 heavy (non-hydrogen) atoms. The summed E-state index contributed by atoms with van der Waals surface area (Å²) >= 11 is 0. The highest BCUT2D eigenvalue weighted by Gasteiger charge is 2.51. The minimum Gasteiger partial charge on any atom is -0.399 e. The van der Waals surface area contributed by atoms with Crippen LogP contribution >= 0.6 is 0 Å². The van der Waals surface area contributed by atoms with E-state index in [-0.39, 0.29) is 11.2 Å². The summed E-state index contributed by atoms with van der Waals surface area (Å²) < 4.78 is 14.0. The molecule has 1 saturated heterocycles. The van der Waals surface area contributed by atoms with E-state index in [1.165, 1.54) is 0 Å². The van der Waals surface area contributed by atoms with E-state index in [0.717, 1.165) is 22.3 Å². The molecule has 0 amide bonds. The Morgan fingerprint density at radius 1 is 0.926 bits per heavy atom. The monoisotopic (exact) mass is 362 g/mol. The van der Waals surface area contributed by atoms with Gasteiger partial charge < -0.3 is 9.31 Å². The maximum absolute atomic E-state index is 6.07. The van der Waals surface area contributed by atoms with Gasteiger partial charge in [-0.1, -0.05) is 18.2 Å². The van der Waals surface area contributed by atoms with E-state index in [1.807, 2.05) is 57.6 Å². The Labute approximate surface area is 159 Å². The second kappa shape index (κ2) is 6.28.